The van der Waals surface area contributed by atoms with Crippen LogP contribution in [-0.2, 0) is 6.54 Å². The second kappa shape index (κ2) is 10.1. The van der Waals surface area contributed by atoms with Crippen LogP contribution in [0, 0.1) is 0 Å². The van der Waals surface area contributed by atoms with E-state index in [1.165, 1.54) is 18.6 Å². The third-order valence-corrected chi connectivity index (χ3v) is 5.83. The van der Waals surface area contributed by atoms with Crippen LogP contribution in [0.2, 0.25) is 0 Å². The van der Waals surface area contributed by atoms with Crippen LogP contribution >= 0.6 is 11.8 Å². The Kier molecular flexibility index (Phi) is 6.86. The first-order valence-electron chi connectivity index (χ1n) is 9.95. The molecule has 9 heteroatoms. The number of aromatic nitrogens is 2. The molecular formula is C23H23N5O3S. The van der Waals surface area contributed by atoms with E-state index in [0.717, 1.165) is 34.2 Å². The van der Waals surface area contributed by atoms with Crippen LogP contribution in [-0.4, -0.2) is 52.4 Å². The van der Waals surface area contributed by atoms with Gasteiger partial charge in [0.15, 0.2) is 11.5 Å². The first-order chi connectivity index (χ1) is 15.7. The van der Waals surface area contributed by atoms with Gasteiger partial charge in [-0.15, -0.1) is 11.8 Å². The van der Waals surface area contributed by atoms with Gasteiger partial charge in [0, 0.05) is 29.4 Å². The van der Waals surface area contributed by atoms with Crippen LogP contribution in [0.5, 0.6) is 11.5 Å². The number of benzene rings is 2. The molecule has 1 N–H and O–H groups in total. The van der Waals surface area contributed by atoms with Crippen molar-refractivity contribution >= 4 is 29.1 Å². The van der Waals surface area contributed by atoms with Gasteiger partial charge in [0.25, 0.3) is 5.91 Å². The summed E-state index contributed by atoms with van der Waals surface area (Å²) in [5.41, 5.74) is 3.90. The van der Waals surface area contributed by atoms with Crippen LogP contribution < -0.4 is 14.8 Å². The molecule has 0 saturated carbocycles. The molecule has 2 heterocycles. The summed E-state index contributed by atoms with van der Waals surface area (Å²) in [5, 5.41) is 9.78. The highest BCUT2D eigenvalue weighted by Crippen LogP contribution is 2.29. The van der Waals surface area contributed by atoms with Crippen molar-refractivity contribution in [1.82, 2.24) is 15.0 Å². The second-order valence-corrected chi connectivity index (χ2v) is 7.92. The van der Waals surface area contributed by atoms with E-state index in [2.05, 4.69) is 15.3 Å². The van der Waals surface area contributed by atoms with Crippen LogP contribution in [0.15, 0.2) is 66.2 Å². The lowest BCUT2D eigenvalue weighted by Gasteiger charge is -2.26. The number of ether oxygens (including phenoxy) is 2. The SMILES string of the molecule is COc1ccc(C2=NN(Cc3ccccc3NC(=O)c3cnccn3)CSC2)cc1OC. The van der Waals surface area contributed by atoms with Gasteiger partial charge in [0.1, 0.15) is 5.69 Å². The number of para-hydroxylation sites is 1. The number of hydrazone groups is 1. The maximum Gasteiger partial charge on any atom is 0.275 e. The van der Waals surface area contributed by atoms with Gasteiger partial charge in [-0.25, -0.2) is 4.98 Å². The van der Waals surface area contributed by atoms with Gasteiger partial charge in [0.2, 0.25) is 0 Å². The number of hydrogen-bond acceptors (Lipinski definition) is 8. The lowest BCUT2D eigenvalue weighted by molar-refractivity contribution is 0.102. The number of carbonyl (C=O) groups excluding carboxylic acids is 1. The largest absolute Gasteiger partial charge is 0.493 e. The minimum atomic E-state index is -0.298. The average Bonchev–Trinajstić information content (AvgIpc) is 2.85. The number of thioether (sulfide) groups is 1. The van der Waals surface area contributed by atoms with Gasteiger partial charge in [-0.05, 0) is 29.8 Å². The molecule has 0 spiro atoms. The van der Waals surface area contributed by atoms with Crippen molar-refractivity contribution in [2.24, 2.45) is 5.10 Å². The molecule has 8 nitrogen and oxygen atoms in total. The maximum absolute atomic E-state index is 12.5. The zero-order chi connectivity index (χ0) is 22.3. The molecule has 4 rings (SSSR count). The smallest absolute Gasteiger partial charge is 0.275 e. The number of methoxy groups -OCH3 is 2. The molecule has 1 aliphatic heterocycles. The van der Waals surface area contributed by atoms with Crippen molar-refractivity contribution in [2.75, 3.05) is 31.2 Å². The molecule has 0 unspecified atom stereocenters. The summed E-state index contributed by atoms with van der Waals surface area (Å²) >= 11 is 1.78. The third kappa shape index (κ3) is 5.00. The molecule has 0 bridgehead atoms. The Hall–Kier alpha value is -3.59. The first-order valence-corrected chi connectivity index (χ1v) is 11.1. The van der Waals surface area contributed by atoms with Crippen molar-refractivity contribution in [1.29, 1.82) is 0 Å². The molecule has 1 aromatic heterocycles. The Balaban J connectivity index is 1.53. The summed E-state index contributed by atoms with van der Waals surface area (Å²) in [7, 11) is 3.24. The number of nitrogens with one attached hydrogen (secondary N) is 1. The van der Waals surface area contributed by atoms with Crippen molar-refractivity contribution in [3.8, 4) is 11.5 Å². The molecule has 3 aromatic rings. The minimum absolute atomic E-state index is 0.268. The van der Waals surface area contributed by atoms with E-state index < -0.39 is 0 Å². The Morgan fingerprint density at radius 3 is 2.75 bits per heavy atom. The van der Waals surface area contributed by atoms with Crippen molar-refractivity contribution in [2.45, 2.75) is 6.54 Å². The molecule has 0 radical (unpaired) electrons. The molecule has 0 saturated heterocycles. The fourth-order valence-corrected chi connectivity index (χ4v) is 4.16. The van der Waals surface area contributed by atoms with Crippen LogP contribution in [0.3, 0.4) is 0 Å². The standard InChI is InChI=1S/C23H23N5O3S/c1-30-21-8-7-16(11-22(21)31-2)20-14-32-15-28(27-20)13-17-5-3-4-6-18(17)26-23(29)19-12-24-9-10-25-19/h3-12H,13-15H2,1-2H3,(H,26,29). The van der Waals surface area contributed by atoms with Gasteiger partial charge < -0.3 is 14.8 Å². The summed E-state index contributed by atoms with van der Waals surface area (Å²) in [5.74, 6) is 2.62. The van der Waals surface area contributed by atoms with Crippen LogP contribution in [0.25, 0.3) is 0 Å². The molecule has 164 valence electrons. The summed E-state index contributed by atoms with van der Waals surface area (Å²) in [6.07, 6.45) is 4.47. The summed E-state index contributed by atoms with van der Waals surface area (Å²) in [6.45, 7) is 0.556. The second-order valence-electron chi connectivity index (χ2n) is 6.96. The van der Waals surface area contributed by atoms with Gasteiger partial charge in [0.05, 0.1) is 38.5 Å². The monoisotopic (exact) mass is 449 g/mol. The highest BCUT2D eigenvalue weighted by atomic mass is 32.2. The van der Waals surface area contributed by atoms with E-state index in [1.54, 1.807) is 26.0 Å². The van der Waals surface area contributed by atoms with E-state index >= 15 is 0 Å². The molecule has 0 fully saturated rings. The van der Waals surface area contributed by atoms with Gasteiger partial charge in [-0.1, -0.05) is 18.2 Å². The van der Waals surface area contributed by atoms with Crippen molar-refractivity contribution in [3.63, 3.8) is 0 Å². The van der Waals surface area contributed by atoms with Gasteiger partial charge >= 0.3 is 0 Å². The fourth-order valence-electron chi connectivity index (χ4n) is 3.29. The Morgan fingerprint density at radius 1 is 1.12 bits per heavy atom. The number of anilines is 1. The number of hydrogen-bond donors (Lipinski definition) is 1. The van der Waals surface area contributed by atoms with E-state index in [4.69, 9.17) is 14.6 Å². The lowest BCUT2D eigenvalue weighted by Crippen LogP contribution is -2.26. The predicted octanol–water partition coefficient (Wildman–Crippen LogP) is 3.66. The number of rotatable bonds is 7. The molecule has 0 aliphatic carbocycles. The third-order valence-electron chi connectivity index (χ3n) is 4.87. The quantitative estimate of drug-likeness (QED) is 0.589. The predicted molar refractivity (Wildman–Crippen MR) is 125 cm³/mol. The summed E-state index contributed by atoms with van der Waals surface area (Å²) in [4.78, 5) is 20.5. The van der Waals surface area contributed by atoms with Crippen LogP contribution in [0.1, 0.15) is 21.6 Å². The first kappa shape index (κ1) is 21.6. The number of carbonyl (C=O) groups is 1. The summed E-state index contributed by atoms with van der Waals surface area (Å²) < 4.78 is 10.8. The molecule has 2 aromatic carbocycles. The Bertz CT molecular complexity index is 1120. The van der Waals surface area contributed by atoms with Crippen molar-refractivity contribution in [3.05, 3.63) is 77.9 Å². The van der Waals surface area contributed by atoms with E-state index in [-0.39, 0.29) is 11.6 Å². The van der Waals surface area contributed by atoms with E-state index in [1.807, 2.05) is 47.5 Å². The van der Waals surface area contributed by atoms with E-state index in [0.29, 0.717) is 18.0 Å². The van der Waals surface area contributed by atoms with Crippen LogP contribution in [0.4, 0.5) is 5.69 Å². The lowest BCUT2D eigenvalue weighted by atomic mass is 10.1. The number of nitrogens with zero attached hydrogens (tertiary/aromatic N) is 4. The number of amides is 1. The zero-order valence-electron chi connectivity index (χ0n) is 17.8. The zero-order valence-corrected chi connectivity index (χ0v) is 18.6. The minimum Gasteiger partial charge on any atom is -0.493 e. The molecule has 32 heavy (non-hydrogen) atoms. The molecule has 1 amide bonds. The van der Waals surface area contributed by atoms with Gasteiger partial charge in [-0.3, -0.25) is 14.8 Å². The van der Waals surface area contributed by atoms with E-state index in [9.17, 15) is 4.79 Å². The van der Waals surface area contributed by atoms with Gasteiger partial charge in [-0.2, -0.15) is 5.10 Å². The Labute approximate surface area is 190 Å². The summed E-state index contributed by atoms with van der Waals surface area (Å²) in [6, 6.07) is 13.5. The average molecular weight is 450 g/mol. The maximum atomic E-state index is 12.5. The molecule has 1 aliphatic rings. The highest BCUT2D eigenvalue weighted by Gasteiger charge is 2.18. The fraction of sp³-hybridized carbons (Fsp3) is 0.217. The highest BCUT2D eigenvalue weighted by molar-refractivity contribution is 8.00. The Morgan fingerprint density at radius 2 is 1.97 bits per heavy atom. The van der Waals surface area contributed by atoms with Crippen molar-refractivity contribution < 1.29 is 14.3 Å². The normalized spacial score (nSPS) is 13.3. The molecular weight excluding hydrogens is 426 g/mol. The topological polar surface area (TPSA) is 88.9 Å². The molecule has 0 atom stereocenters.